The van der Waals surface area contributed by atoms with E-state index in [2.05, 4.69) is 5.32 Å². The summed E-state index contributed by atoms with van der Waals surface area (Å²) in [5.74, 6) is 1.24. The summed E-state index contributed by atoms with van der Waals surface area (Å²) in [5.41, 5.74) is 2.22. The van der Waals surface area contributed by atoms with Crippen molar-refractivity contribution in [2.45, 2.75) is 19.4 Å². The van der Waals surface area contributed by atoms with Crippen LogP contribution in [-0.4, -0.2) is 32.6 Å². The fraction of sp³-hybridized carbons (Fsp3) is 0.259. The lowest BCUT2D eigenvalue weighted by Crippen LogP contribution is -2.32. The molecular formula is C27H28N2O5. The molecule has 3 aromatic rings. The molecule has 1 N–H and O–H groups in total. The van der Waals surface area contributed by atoms with Crippen molar-refractivity contribution >= 4 is 23.2 Å². The van der Waals surface area contributed by atoms with Gasteiger partial charge in [-0.25, -0.2) is 0 Å². The van der Waals surface area contributed by atoms with Gasteiger partial charge in [-0.15, -0.1) is 0 Å². The van der Waals surface area contributed by atoms with Gasteiger partial charge in [0.2, 0.25) is 11.8 Å². The lowest BCUT2D eigenvalue weighted by molar-refractivity contribution is -0.122. The minimum atomic E-state index is -0.574. The van der Waals surface area contributed by atoms with Gasteiger partial charge in [0.25, 0.3) is 0 Å². The number of nitrogens with zero attached hydrogens (tertiary/aromatic N) is 1. The number of hydrogen-bond donors (Lipinski definition) is 1. The van der Waals surface area contributed by atoms with E-state index < -0.39 is 12.0 Å². The van der Waals surface area contributed by atoms with Crippen molar-refractivity contribution in [2.75, 3.05) is 31.0 Å². The molecule has 0 saturated carbocycles. The van der Waals surface area contributed by atoms with Gasteiger partial charge >= 0.3 is 0 Å². The van der Waals surface area contributed by atoms with Crippen LogP contribution in [-0.2, 0) is 9.59 Å². The van der Waals surface area contributed by atoms with Crippen LogP contribution >= 0.6 is 0 Å². The highest BCUT2D eigenvalue weighted by Gasteiger charge is 2.45. The smallest absolute Gasteiger partial charge is 0.230 e. The summed E-state index contributed by atoms with van der Waals surface area (Å²) in [6, 6.07) is 21.5. The summed E-state index contributed by atoms with van der Waals surface area (Å²) in [7, 11) is 3.20. The van der Waals surface area contributed by atoms with Crippen LogP contribution < -0.4 is 24.4 Å². The van der Waals surface area contributed by atoms with E-state index in [4.69, 9.17) is 14.2 Å². The van der Waals surface area contributed by atoms with Crippen LogP contribution in [0.5, 0.6) is 17.2 Å². The maximum absolute atomic E-state index is 13.4. The molecule has 0 aromatic heterocycles. The third-order valence-electron chi connectivity index (χ3n) is 5.90. The van der Waals surface area contributed by atoms with Crippen molar-refractivity contribution in [3.63, 3.8) is 0 Å². The molecule has 2 atom stereocenters. The summed E-state index contributed by atoms with van der Waals surface area (Å²) in [6.45, 7) is 2.49. The third kappa shape index (κ3) is 4.83. The van der Waals surface area contributed by atoms with Crippen molar-refractivity contribution < 1.29 is 23.8 Å². The van der Waals surface area contributed by atoms with Crippen LogP contribution in [0.2, 0.25) is 0 Å². The van der Waals surface area contributed by atoms with Crippen LogP contribution in [0.3, 0.4) is 0 Å². The first-order chi connectivity index (χ1) is 16.5. The van der Waals surface area contributed by atoms with Crippen LogP contribution in [0, 0.1) is 5.92 Å². The average Bonchev–Trinajstić information content (AvgIpc) is 3.22. The van der Waals surface area contributed by atoms with E-state index in [1.807, 2.05) is 55.5 Å². The van der Waals surface area contributed by atoms with Crippen LogP contribution in [0.1, 0.15) is 24.9 Å². The van der Waals surface area contributed by atoms with E-state index in [0.717, 1.165) is 11.3 Å². The number of carbonyl (C=O) groups excluding carboxylic acids is 2. The molecule has 1 heterocycles. The summed E-state index contributed by atoms with van der Waals surface area (Å²) in [4.78, 5) is 28.3. The Kier molecular flexibility index (Phi) is 7.01. The highest BCUT2D eigenvalue weighted by molar-refractivity contribution is 6.04. The Morgan fingerprint density at radius 3 is 2.00 bits per heavy atom. The molecule has 0 spiro atoms. The molecule has 4 rings (SSSR count). The van der Waals surface area contributed by atoms with Crippen molar-refractivity contribution in [3.05, 3.63) is 78.4 Å². The monoisotopic (exact) mass is 460 g/mol. The fourth-order valence-corrected chi connectivity index (χ4v) is 4.24. The lowest BCUT2D eigenvalue weighted by atomic mass is 9.92. The number of hydrogen-bond acceptors (Lipinski definition) is 5. The average molecular weight is 461 g/mol. The lowest BCUT2D eigenvalue weighted by Gasteiger charge is -2.28. The van der Waals surface area contributed by atoms with Crippen molar-refractivity contribution in [3.8, 4) is 17.2 Å². The molecule has 1 saturated heterocycles. The van der Waals surface area contributed by atoms with E-state index in [0.29, 0.717) is 29.5 Å². The normalized spacial score (nSPS) is 17.4. The zero-order valence-corrected chi connectivity index (χ0v) is 19.5. The predicted octanol–water partition coefficient (Wildman–Crippen LogP) is 4.84. The molecule has 7 heteroatoms. The summed E-state index contributed by atoms with van der Waals surface area (Å²) in [6.07, 6.45) is 0.103. The Labute approximate surface area is 199 Å². The molecule has 2 amide bonds. The molecule has 0 radical (unpaired) electrons. The first-order valence-corrected chi connectivity index (χ1v) is 11.2. The van der Waals surface area contributed by atoms with E-state index in [1.54, 1.807) is 43.4 Å². The summed E-state index contributed by atoms with van der Waals surface area (Å²) < 4.78 is 16.0. The number of benzene rings is 3. The Bertz CT molecular complexity index is 1130. The standard InChI is InChI=1S/C27H28N2O5/c1-4-34-23-13-7-19(8-14-23)28-27(31)24-17-25(30)29(20-9-15-22(33-3)16-10-20)26(24)18-5-11-21(32-2)12-6-18/h5-16,24,26H,4,17H2,1-3H3,(H,28,31)/t24-,26-/m1/s1. The van der Waals surface area contributed by atoms with Gasteiger partial charge in [0.15, 0.2) is 0 Å². The second-order valence-electron chi connectivity index (χ2n) is 7.94. The van der Waals surface area contributed by atoms with Crippen molar-refractivity contribution in [1.29, 1.82) is 0 Å². The van der Waals surface area contributed by atoms with Crippen LogP contribution in [0.4, 0.5) is 11.4 Å². The summed E-state index contributed by atoms with van der Waals surface area (Å²) in [5, 5.41) is 2.97. The van der Waals surface area contributed by atoms with Crippen LogP contribution in [0.25, 0.3) is 0 Å². The molecule has 0 aliphatic carbocycles. The zero-order chi connectivity index (χ0) is 24.1. The van der Waals surface area contributed by atoms with Gasteiger partial charge in [-0.3, -0.25) is 9.59 Å². The largest absolute Gasteiger partial charge is 0.497 e. The van der Waals surface area contributed by atoms with Gasteiger partial charge in [-0.05, 0) is 73.2 Å². The van der Waals surface area contributed by atoms with Gasteiger partial charge in [0.05, 0.1) is 32.8 Å². The minimum Gasteiger partial charge on any atom is -0.497 e. The van der Waals surface area contributed by atoms with Gasteiger partial charge in [0, 0.05) is 17.8 Å². The minimum absolute atomic E-state index is 0.103. The molecule has 3 aromatic carbocycles. The topological polar surface area (TPSA) is 77.1 Å². The number of amides is 2. The molecular weight excluding hydrogens is 432 g/mol. The quantitative estimate of drug-likeness (QED) is 0.521. The Morgan fingerprint density at radius 2 is 1.44 bits per heavy atom. The molecule has 176 valence electrons. The van der Waals surface area contributed by atoms with E-state index in [-0.39, 0.29) is 18.2 Å². The molecule has 1 aliphatic rings. The molecule has 1 aliphatic heterocycles. The number of methoxy groups -OCH3 is 2. The SMILES string of the molecule is CCOc1ccc(NC(=O)[C@@H]2CC(=O)N(c3ccc(OC)cc3)[C@@H]2c2ccc(OC)cc2)cc1. The maximum Gasteiger partial charge on any atom is 0.230 e. The maximum atomic E-state index is 13.4. The number of anilines is 2. The third-order valence-corrected chi connectivity index (χ3v) is 5.90. The number of rotatable bonds is 8. The molecule has 0 bridgehead atoms. The first kappa shape index (κ1) is 23.2. The zero-order valence-electron chi connectivity index (χ0n) is 19.5. The Balaban J connectivity index is 1.65. The van der Waals surface area contributed by atoms with Gasteiger partial charge in [-0.2, -0.15) is 0 Å². The van der Waals surface area contributed by atoms with E-state index >= 15 is 0 Å². The first-order valence-electron chi connectivity index (χ1n) is 11.2. The van der Waals surface area contributed by atoms with Crippen molar-refractivity contribution in [2.24, 2.45) is 5.92 Å². The van der Waals surface area contributed by atoms with Gasteiger partial charge in [0.1, 0.15) is 17.2 Å². The number of carbonyl (C=O) groups is 2. The van der Waals surface area contributed by atoms with E-state index in [1.165, 1.54) is 0 Å². The Morgan fingerprint density at radius 1 is 0.882 bits per heavy atom. The molecule has 1 fully saturated rings. The highest BCUT2D eigenvalue weighted by atomic mass is 16.5. The van der Waals surface area contributed by atoms with Crippen molar-refractivity contribution in [1.82, 2.24) is 0 Å². The second kappa shape index (κ2) is 10.3. The highest BCUT2D eigenvalue weighted by Crippen LogP contribution is 2.42. The van der Waals surface area contributed by atoms with E-state index in [9.17, 15) is 9.59 Å². The predicted molar refractivity (Wildman–Crippen MR) is 131 cm³/mol. The Hall–Kier alpha value is -4.00. The van der Waals surface area contributed by atoms with Gasteiger partial charge in [-0.1, -0.05) is 12.1 Å². The second-order valence-corrected chi connectivity index (χ2v) is 7.94. The van der Waals surface area contributed by atoms with Crippen LogP contribution in [0.15, 0.2) is 72.8 Å². The number of nitrogens with one attached hydrogen (secondary N) is 1. The fourth-order valence-electron chi connectivity index (χ4n) is 4.24. The molecule has 7 nitrogen and oxygen atoms in total. The summed E-state index contributed by atoms with van der Waals surface area (Å²) >= 11 is 0. The van der Waals surface area contributed by atoms with Gasteiger partial charge < -0.3 is 24.4 Å². The molecule has 0 unspecified atom stereocenters. The number of ether oxygens (including phenoxy) is 3. The molecule has 34 heavy (non-hydrogen) atoms.